The van der Waals surface area contributed by atoms with Crippen LogP contribution in [0.5, 0.6) is 0 Å². The van der Waals surface area contributed by atoms with E-state index in [2.05, 4.69) is 62.1 Å². The smallest absolute Gasteiger partial charge is 0.407 e. The van der Waals surface area contributed by atoms with Crippen LogP contribution in [0.2, 0.25) is 0 Å². The second-order valence-electron chi connectivity index (χ2n) is 17.6. The minimum Gasteiger partial charge on any atom is -0.469 e. The lowest BCUT2D eigenvalue weighted by Gasteiger charge is -2.33. The van der Waals surface area contributed by atoms with Crippen molar-refractivity contribution in [2.24, 2.45) is 17.6 Å². The first-order chi connectivity index (χ1) is 31.8. The monoisotopic (exact) mass is 902 g/mol. The van der Waals surface area contributed by atoms with Crippen molar-refractivity contribution in [3.05, 3.63) is 102 Å². The molecular weight excluding hydrogens is 841 g/mol. The fourth-order valence-electron chi connectivity index (χ4n) is 9.13. The number of pyridine rings is 1. The van der Waals surface area contributed by atoms with Crippen LogP contribution in [0.3, 0.4) is 0 Å². The number of amides is 4. The van der Waals surface area contributed by atoms with Crippen molar-refractivity contribution < 1.29 is 38.2 Å². The number of carbonyl (C=O) groups excluding carboxylic acids is 5. The summed E-state index contributed by atoms with van der Waals surface area (Å²) in [7, 11) is 2.56. The van der Waals surface area contributed by atoms with E-state index in [1.807, 2.05) is 68.6 Å². The second kappa shape index (κ2) is 21.6. The maximum Gasteiger partial charge on any atom is 0.407 e. The third-order valence-corrected chi connectivity index (χ3v) is 13.0. The molecule has 4 amide bonds. The summed E-state index contributed by atoms with van der Waals surface area (Å²) in [6.45, 7) is 8.87. The maximum atomic E-state index is 13.7. The summed E-state index contributed by atoms with van der Waals surface area (Å²) in [6.07, 6.45) is 4.16. The molecule has 16 nitrogen and oxygen atoms in total. The normalized spacial score (nSPS) is 19.7. The van der Waals surface area contributed by atoms with Gasteiger partial charge in [0.25, 0.3) is 0 Å². The van der Waals surface area contributed by atoms with Crippen LogP contribution in [0.4, 0.5) is 27.7 Å². The molecule has 3 aliphatic heterocycles. The Kier molecular flexibility index (Phi) is 15.6. The SMILES string of the molecule is COC(=O)CC(C)[C@H](N)C(=O)Nc1ccc([C@@H]2CC[C@@H](c3ccc(NC(=O)[C@@H]4CCCN4C(=O)[C@@H](NC(=O)OC)C(C)C)cc3)N2c2ccc(-c3ccc(N4CCOCC4)nc3)cc2)cc1. The highest BCUT2D eigenvalue weighted by molar-refractivity contribution is 5.99. The third-order valence-electron chi connectivity index (χ3n) is 13.0. The number of nitrogens with two attached hydrogens (primary N) is 1. The molecule has 4 heterocycles. The molecule has 1 aromatic heterocycles. The largest absolute Gasteiger partial charge is 0.469 e. The Balaban J connectivity index is 1.09. The first-order valence-corrected chi connectivity index (χ1v) is 22.8. The summed E-state index contributed by atoms with van der Waals surface area (Å²) < 4.78 is 15.0. The number of benzene rings is 3. The molecule has 4 aromatic rings. The van der Waals surface area contributed by atoms with Crippen molar-refractivity contribution in [3.8, 4) is 11.1 Å². The van der Waals surface area contributed by atoms with Gasteiger partial charge in [-0.3, -0.25) is 19.2 Å². The zero-order valence-electron chi connectivity index (χ0n) is 38.4. The standard InChI is InChI=1S/C50H62N8O8/c1-31(2)46(55-50(63)65-5)49(62)57-24-6-7-42(57)47(60)53-37-15-8-34(9-16-37)40-21-22-41(35-10-17-38(18-11-35)54-48(61)45(51)32(3)29-44(59)64-4)58(40)39-19-12-33(13-20-39)36-14-23-43(52-30-36)56-25-27-66-28-26-56/h8-20,23,30-32,40-42,45-46H,6-7,21-22,24-29,51H2,1-5H3,(H,53,60)(H,54,61)(H,55,63)/t32?,40-,41-,42-,45-,46-/m0/s1. The maximum absolute atomic E-state index is 13.7. The van der Waals surface area contributed by atoms with Gasteiger partial charge in [0.2, 0.25) is 17.7 Å². The first-order valence-electron chi connectivity index (χ1n) is 22.8. The number of ether oxygens (including phenoxy) is 3. The van der Waals surface area contributed by atoms with Crippen molar-refractivity contribution in [2.75, 3.05) is 67.5 Å². The van der Waals surface area contributed by atoms with E-state index in [0.29, 0.717) is 44.0 Å². The molecule has 66 heavy (non-hydrogen) atoms. The number of aromatic nitrogens is 1. The van der Waals surface area contributed by atoms with Crippen LogP contribution < -0.4 is 31.5 Å². The number of nitrogens with one attached hydrogen (secondary N) is 3. The number of esters is 1. The predicted octanol–water partition coefficient (Wildman–Crippen LogP) is 6.44. The molecule has 5 N–H and O–H groups in total. The molecule has 6 atom stereocenters. The number of carbonyl (C=O) groups is 5. The molecule has 0 aliphatic carbocycles. The zero-order valence-corrected chi connectivity index (χ0v) is 38.4. The average molecular weight is 903 g/mol. The molecule has 1 unspecified atom stereocenters. The molecule has 0 radical (unpaired) electrons. The number of hydrogen-bond donors (Lipinski definition) is 4. The van der Waals surface area contributed by atoms with E-state index in [-0.39, 0.29) is 42.1 Å². The number of hydrogen-bond acceptors (Lipinski definition) is 12. The molecule has 0 saturated carbocycles. The second-order valence-corrected chi connectivity index (χ2v) is 17.6. The van der Waals surface area contributed by atoms with Gasteiger partial charge >= 0.3 is 12.1 Å². The Hall–Kier alpha value is -6.52. The van der Waals surface area contributed by atoms with Gasteiger partial charge in [-0.05, 0) is 103 Å². The minimum atomic E-state index is -0.892. The number of morpholine rings is 1. The fourth-order valence-corrected chi connectivity index (χ4v) is 9.13. The topological polar surface area (TPSA) is 198 Å². The fraction of sp³-hybridized carbons (Fsp3) is 0.440. The van der Waals surface area contributed by atoms with Gasteiger partial charge in [-0.1, -0.05) is 57.2 Å². The summed E-state index contributed by atoms with van der Waals surface area (Å²) in [5.41, 5.74) is 12.7. The third kappa shape index (κ3) is 11.1. The zero-order chi connectivity index (χ0) is 46.9. The molecule has 0 spiro atoms. The lowest BCUT2D eigenvalue weighted by Crippen LogP contribution is -2.54. The molecule has 7 rings (SSSR count). The number of nitrogens with zero attached hydrogens (tertiary/aromatic N) is 4. The van der Waals surface area contributed by atoms with Crippen LogP contribution >= 0.6 is 0 Å². The summed E-state index contributed by atoms with van der Waals surface area (Å²) in [5, 5.41) is 8.58. The summed E-state index contributed by atoms with van der Waals surface area (Å²) >= 11 is 0. The Morgan fingerprint density at radius 3 is 1.92 bits per heavy atom. The summed E-state index contributed by atoms with van der Waals surface area (Å²) in [5.74, 6) is -1.06. The van der Waals surface area contributed by atoms with Crippen molar-refractivity contribution in [2.45, 2.75) is 83.1 Å². The van der Waals surface area contributed by atoms with Gasteiger partial charge in [0.1, 0.15) is 17.9 Å². The van der Waals surface area contributed by atoms with Crippen LogP contribution in [0.25, 0.3) is 11.1 Å². The van der Waals surface area contributed by atoms with Gasteiger partial charge in [-0.25, -0.2) is 9.78 Å². The number of anilines is 4. The molecule has 3 aliphatic rings. The van der Waals surface area contributed by atoms with Crippen LogP contribution in [0.1, 0.15) is 76.1 Å². The average Bonchev–Trinajstić information content (AvgIpc) is 4.02. The Morgan fingerprint density at radius 1 is 0.758 bits per heavy atom. The predicted molar refractivity (Wildman–Crippen MR) is 253 cm³/mol. The molecule has 0 bridgehead atoms. The van der Waals surface area contributed by atoms with E-state index in [1.54, 1.807) is 11.8 Å². The first kappa shape index (κ1) is 47.4. The van der Waals surface area contributed by atoms with Gasteiger partial charge in [-0.2, -0.15) is 0 Å². The molecule has 350 valence electrons. The van der Waals surface area contributed by atoms with Gasteiger partial charge < -0.3 is 50.6 Å². The number of rotatable bonds is 15. The summed E-state index contributed by atoms with van der Waals surface area (Å²) in [4.78, 5) is 75.2. The molecule has 3 fully saturated rings. The molecule has 3 aromatic carbocycles. The van der Waals surface area contributed by atoms with Crippen LogP contribution in [0, 0.1) is 11.8 Å². The lowest BCUT2D eigenvalue weighted by atomic mass is 9.98. The van der Waals surface area contributed by atoms with E-state index in [4.69, 9.17) is 24.9 Å². The van der Waals surface area contributed by atoms with E-state index < -0.39 is 36.1 Å². The number of methoxy groups -OCH3 is 2. The highest BCUT2D eigenvalue weighted by Crippen LogP contribution is 2.47. The Morgan fingerprint density at radius 2 is 1.36 bits per heavy atom. The van der Waals surface area contributed by atoms with E-state index in [1.165, 1.54) is 14.2 Å². The number of alkyl carbamates (subject to hydrolysis) is 1. The molecule has 3 saturated heterocycles. The van der Waals surface area contributed by atoms with Gasteiger partial charge in [0.15, 0.2) is 0 Å². The van der Waals surface area contributed by atoms with Crippen molar-refractivity contribution in [3.63, 3.8) is 0 Å². The van der Waals surface area contributed by atoms with E-state index >= 15 is 0 Å². The summed E-state index contributed by atoms with van der Waals surface area (Å²) in [6, 6.07) is 26.0. The van der Waals surface area contributed by atoms with Crippen molar-refractivity contribution >= 4 is 52.7 Å². The van der Waals surface area contributed by atoms with Crippen molar-refractivity contribution in [1.82, 2.24) is 15.2 Å². The highest BCUT2D eigenvalue weighted by atomic mass is 16.5. The van der Waals surface area contributed by atoms with Crippen LogP contribution in [-0.4, -0.2) is 105 Å². The Labute approximate surface area is 386 Å². The molecular formula is C50H62N8O8. The van der Waals surface area contributed by atoms with E-state index in [9.17, 15) is 24.0 Å². The van der Waals surface area contributed by atoms with Gasteiger partial charge in [0, 0.05) is 48.5 Å². The van der Waals surface area contributed by atoms with Crippen LogP contribution in [-0.2, 0) is 33.4 Å². The van der Waals surface area contributed by atoms with Crippen LogP contribution in [0.15, 0.2) is 91.1 Å². The Bertz CT molecular complexity index is 2300. The quantitative estimate of drug-likeness (QED) is 0.0955. The van der Waals surface area contributed by atoms with Crippen molar-refractivity contribution in [1.29, 1.82) is 0 Å². The van der Waals surface area contributed by atoms with E-state index in [0.717, 1.165) is 59.7 Å². The lowest BCUT2D eigenvalue weighted by molar-refractivity contribution is -0.142. The van der Waals surface area contributed by atoms with Gasteiger partial charge in [0.05, 0.1) is 52.0 Å². The number of likely N-dealkylation sites (tertiary alicyclic amines) is 1. The van der Waals surface area contributed by atoms with Gasteiger partial charge in [-0.15, -0.1) is 0 Å². The molecule has 16 heteroatoms. The highest BCUT2D eigenvalue weighted by Gasteiger charge is 2.39. The minimum absolute atomic E-state index is 0.00369.